The highest BCUT2D eigenvalue weighted by Gasteiger charge is 2.29. The Hall–Kier alpha value is -2.81. The average molecular weight is 276 g/mol. The number of nitrogen functional groups attached to an aromatic ring is 2. The lowest BCUT2D eigenvalue weighted by atomic mass is 9.75. The largest absolute Gasteiger partial charge is 0.399 e. The van der Waals surface area contributed by atoms with E-state index in [0.717, 1.165) is 28.1 Å². The van der Waals surface area contributed by atoms with Gasteiger partial charge < -0.3 is 11.5 Å². The molecule has 0 atom stereocenters. The zero-order valence-electron chi connectivity index (χ0n) is 11.5. The van der Waals surface area contributed by atoms with E-state index >= 15 is 0 Å². The summed E-state index contributed by atoms with van der Waals surface area (Å²) in [5.41, 5.74) is 16.7. The van der Waals surface area contributed by atoms with Crippen LogP contribution in [0.25, 0.3) is 11.1 Å². The molecule has 0 unspecified atom stereocenters. The molecule has 0 radical (unpaired) electrons. The molecule has 2 aliphatic carbocycles. The molecule has 2 aliphatic rings. The first-order valence-electron chi connectivity index (χ1n) is 6.81. The van der Waals surface area contributed by atoms with Gasteiger partial charge in [-0.15, -0.1) is 0 Å². The SMILES string of the molecule is Nc1ccc(N)cc1.O=C1CC=CC2=C1c1ccccc12. The van der Waals surface area contributed by atoms with Crippen LogP contribution in [0.4, 0.5) is 11.4 Å². The fourth-order valence-electron chi connectivity index (χ4n) is 2.51. The summed E-state index contributed by atoms with van der Waals surface area (Å²) in [7, 11) is 0. The molecule has 21 heavy (non-hydrogen) atoms. The minimum Gasteiger partial charge on any atom is -0.399 e. The first kappa shape index (κ1) is 13.2. The number of Topliss-reactive ketones (excluding diaryl/α,β-unsaturated/α-hetero) is 1. The lowest BCUT2D eigenvalue weighted by molar-refractivity contribution is -0.113. The van der Waals surface area contributed by atoms with Crippen LogP contribution in [0.1, 0.15) is 17.5 Å². The molecule has 2 aromatic rings. The summed E-state index contributed by atoms with van der Waals surface area (Å²) in [6.07, 6.45) is 4.56. The average Bonchev–Trinajstić information content (AvgIpc) is 2.48. The van der Waals surface area contributed by atoms with Gasteiger partial charge in [0.25, 0.3) is 0 Å². The van der Waals surface area contributed by atoms with Crippen LogP contribution in [-0.2, 0) is 4.79 Å². The van der Waals surface area contributed by atoms with Crippen molar-refractivity contribution in [2.75, 3.05) is 11.5 Å². The number of rotatable bonds is 0. The monoisotopic (exact) mass is 276 g/mol. The Morgan fingerprint density at radius 2 is 1.38 bits per heavy atom. The molecule has 4 rings (SSSR count). The Kier molecular flexibility index (Phi) is 3.32. The molecule has 0 saturated heterocycles. The number of carbonyl (C=O) groups excluding carboxylic acids is 1. The number of hydrogen-bond acceptors (Lipinski definition) is 3. The van der Waals surface area contributed by atoms with Gasteiger partial charge in [0, 0.05) is 23.4 Å². The van der Waals surface area contributed by atoms with Crippen molar-refractivity contribution < 1.29 is 4.79 Å². The van der Waals surface area contributed by atoms with Gasteiger partial charge in [-0.2, -0.15) is 0 Å². The van der Waals surface area contributed by atoms with Gasteiger partial charge in [0.2, 0.25) is 0 Å². The van der Waals surface area contributed by atoms with E-state index in [1.807, 2.05) is 24.3 Å². The van der Waals surface area contributed by atoms with Crippen molar-refractivity contribution in [3.05, 3.63) is 71.8 Å². The van der Waals surface area contributed by atoms with Crippen LogP contribution in [0.15, 0.2) is 60.7 Å². The standard InChI is InChI=1S/C12H8O.C6H8N2/c13-11-7-3-6-10-8-4-1-2-5-9(8)12(10)11;7-5-1-2-6(8)4-3-5/h1-6H,7H2;1-4H,7-8H2. The maximum Gasteiger partial charge on any atom is 0.167 e. The number of carbonyl (C=O) groups is 1. The normalized spacial score (nSPS) is 14.6. The van der Waals surface area contributed by atoms with Crippen molar-refractivity contribution in [2.24, 2.45) is 0 Å². The molecule has 3 heteroatoms. The summed E-state index contributed by atoms with van der Waals surface area (Å²) in [6.45, 7) is 0. The topological polar surface area (TPSA) is 69.1 Å². The van der Waals surface area contributed by atoms with Crippen molar-refractivity contribution in [1.82, 2.24) is 0 Å². The van der Waals surface area contributed by atoms with Crippen LogP contribution in [0.5, 0.6) is 0 Å². The second-order valence-corrected chi connectivity index (χ2v) is 5.03. The Labute approximate surface area is 123 Å². The number of anilines is 2. The first-order chi connectivity index (χ1) is 10.2. The number of ketones is 1. The van der Waals surface area contributed by atoms with Crippen molar-refractivity contribution >= 4 is 28.3 Å². The van der Waals surface area contributed by atoms with Crippen molar-refractivity contribution in [3.8, 4) is 0 Å². The molecule has 0 bridgehead atoms. The summed E-state index contributed by atoms with van der Waals surface area (Å²) >= 11 is 0. The predicted octanol–water partition coefficient (Wildman–Crippen LogP) is 3.29. The molecule has 0 fully saturated rings. The molecular weight excluding hydrogens is 260 g/mol. The lowest BCUT2D eigenvalue weighted by Gasteiger charge is -2.27. The molecule has 0 aromatic heterocycles. The predicted molar refractivity (Wildman–Crippen MR) is 87.3 cm³/mol. The van der Waals surface area contributed by atoms with E-state index in [9.17, 15) is 4.79 Å². The Morgan fingerprint density at radius 3 is 2.00 bits per heavy atom. The molecule has 0 amide bonds. The smallest absolute Gasteiger partial charge is 0.167 e. The molecule has 2 aromatic carbocycles. The maximum absolute atomic E-state index is 11.5. The summed E-state index contributed by atoms with van der Waals surface area (Å²) < 4.78 is 0. The summed E-state index contributed by atoms with van der Waals surface area (Å²) in [4.78, 5) is 11.5. The van der Waals surface area contributed by atoms with E-state index in [2.05, 4.69) is 12.1 Å². The Morgan fingerprint density at radius 1 is 0.810 bits per heavy atom. The molecule has 0 saturated carbocycles. The lowest BCUT2D eigenvalue weighted by Crippen LogP contribution is -2.15. The number of allylic oxidation sites excluding steroid dienone is 4. The molecule has 104 valence electrons. The minimum atomic E-state index is 0.260. The molecule has 0 spiro atoms. The van der Waals surface area contributed by atoms with Crippen molar-refractivity contribution in [1.29, 1.82) is 0 Å². The Bertz CT molecular complexity index is 734. The molecular formula is C18H16N2O. The second kappa shape index (κ2) is 5.29. The van der Waals surface area contributed by atoms with Gasteiger partial charge in [0.1, 0.15) is 0 Å². The Balaban J connectivity index is 0.000000143. The summed E-state index contributed by atoms with van der Waals surface area (Å²) in [5, 5.41) is 0. The zero-order valence-corrected chi connectivity index (χ0v) is 11.5. The van der Waals surface area contributed by atoms with E-state index in [1.54, 1.807) is 24.3 Å². The number of benzene rings is 2. The highest BCUT2D eigenvalue weighted by atomic mass is 16.1. The van der Waals surface area contributed by atoms with Gasteiger partial charge in [-0.3, -0.25) is 4.79 Å². The van der Waals surface area contributed by atoms with Crippen LogP contribution < -0.4 is 11.5 Å². The fraction of sp³-hybridized carbons (Fsp3) is 0.0556. The third-order valence-corrected chi connectivity index (χ3v) is 3.56. The first-order valence-corrected chi connectivity index (χ1v) is 6.81. The third-order valence-electron chi connectivity index (χ3n) is 3.56. The van der Waals surface area contributed by atoms with Crippen LogP contribution in [0, 0.1) is 0 Å². The van der Waals surface area contributed by atoms with Crippen LogP contribution in [-0.4, -0.2) is 5.78 Å². The highest BCUT2D eigenvalue weighted by Crippen LogP contribution is 2.43. The molecule has 4 N–H and O–H groups in total. The minimum absolute atomic E-state index is 0.260. The fourth-order valence-corrected chi connectivity index (χ4v) is 2.51. The van der Waals surface area contributed by atoms with E-state index < -0.39 is 0 Å². The number of hydrogen-bond donors (Lipinski definition) is 2. The second-order valence-electron chi connectivity index (χ2n) is 5.03. The molecule has 0 heterocycles. The van der Waals surface area contributed by atoms with Crippen molar-refractivity contribution in [3.63, 3.8) is 0 Å². The quantitative estimate of drug-likeness (QED) is 0.725. The summed E-state index contributed by atoms with van der Waals surface area (Å²) in [6, 6.07) is 15.2. The van der Waals surface area contributed by atoms with Gasteiger partial charge in [-0.1, -0.05) is 36.4 Å². The maximum atomic E-state index is 11.5. The van der Waals surface area contributed by atoms with E-state index in [4.69, 9.17) is 11.5 Å². The van der Waals surface area contributed by atoms with Crippen LogP contribution >= 0.6 is 0 Å². The van der Waals surface area contributed by atoms with Gasteiger partial charge in [0.15, 0.2) is 5.78 Å². The van der Waals surface area contributed by atoms with E-state index in [-0.39, 0.29) is 5.78 Å². The zero-order chi connectivity index (χ0) is 14.8. The highest BCUT2D eigenvalue weighted by molar-refractivity contribution is 6.36. The number of nitrogens with two attached hydrogens (primary N) is 2. The van der Waals surface area contributed by atoms with E-state index in [0.29, 0.717) is 6.42 Å². The summed E-state index contributed by atoms with van der Waals surface area (Å²) in [5.74, 6) is 0.260. The van der Waals surface area contributed by atoms with Gasteiger partial charge >= 0.3 is 0 Å². The van der Waals surface area contributed by atoms with Gasteiger partial charge in [0.05, 0.1) is 0 Å². The van der Waals surface area contributed by atoms with Gasteiger partial charge in [-0.25, -0.2) is 0 Å². The van der Waals surface area contributed by atoms with E-state index in [1.165, 1.54) is 5.56 Å². The third kappa shape index (κ3) is 2.46. The molecule has 0 aliphatic heterocycles. The van der Waals surface area contributed by atoms with Crippen molar-refractivity contribution in [2.45, 2.75) is 6.42 Å². The number of fused-ring (bicyclic) bond motifs is 3. The van der Waals surface area contributed by atoms with Gasteiger partial charge in [-0.05, 0) is 41.0 Å². The van der Waals surface area contributed by atoms with Crippen LogP contribution in [0.2, 0.25) is 0 Å². The van der Waals surface area contributed by atoms with Crippen LogP contribution in [0.3, 0.4) is 0 Å². The molecule has 3 nitrogen and oxygen atoms in total.